The van der Waals surface area contributed by atoms with E-state index in [1.165, 1.54) is 0 Å². The van der Waals surface area contributed by atoms with Crippen LogP contribution in [0.5, 0.6) is 0 Å². The standard InChI is InChI=1S/C7H12O4.C6H14O3/c8-6(9)4-2-1-3-5-7(10)11;1-2-6(3-7,4-8)5-9/h1-5H2,(H,8,9)(H,10,11);7-9H,2-5H2,1H3. The van der Waals surface area contributed by atoms with E-state index in [4.69, 9.17) is 25.5 Å². The minimum atomic E-state index is -0.819. The van der Waals surface area contributed by atoms with Crippen LogP contribution in [0.1, 0.15) is 45.4 Å². The second kappa shape index (κ2) is 12.8. The van der Waals surface area contributed by atoms with Gasteiger partial charge in [0, 0.05) is 18.3 Å². The second-order valence-corrected chi connectivity index (χ2v) is 4.68. The number of hydrogen-bond acceptors (Lipinski definition) is 5. The van der Waals surface area contributed by atoms with Crippen LogP contribution in [0.25, 0.3) is 0 Å². The summed E-state index contributed by atoms with van der Waals surface area (Å²) in [7, 11) is 0. The van der Waals surface area contributed by atoms with Crippen LogP contribution in [0, 0.1) is 5.41 Å². The Balaban J connectivity index is 0. The average molecular weight is 294 g/mol. The Bertz CT molecular complexity index is 228. The van der Waals surface area contributed by atoms with Crippen LogP contribution in [0.3, 0.4) is 0 Å². The van der Waals surface area contributed by atoms with Gasteiger partial charge in [-0.15, -0.1) is 0 Å². The Morgan fingerprint density at radius 1 is 0.800 bits per heavy atom. The summed E-state index contributed by atoms with van der Waals surface area (Å²) in [6, 6.07) is 0. The van der Waals surface area contributed by atoms with Gasteiger partial charge in [-0.05, 0) is 19.3 Å². The van der Waals surface area contributed by atoms with Crippen molar-refractivity contribution in [2.24, 2.45) is 5.41 Å². The third kappa shape index (κ3) is 11.9. The molecule has 0 aromatic rings. The van der Waals surface area contributed by atoms with Gasteiger partial charge in [0.25, 0.3) is 0 Å². The van der Waals surface area contributed by atoms with E-state index < -0.39 is 17.4 Å². The Labute approximate surface area is 118 Å². The maximum absolute atomic E-state index is 9.98. The summed E-state index contributed by atoms with van der Waals surface area (Å²) in [6.45, 7) is 1.35. The Morgan fingerprint density at radius 3 is 1.30 bits per heavy atom. The summed E-state index contributed by atoms with van der Waals surface area (Å²) >= 11 is 0. The van der Waals surface area contributed by atoms with Crippen molar-refractivity contribution >= 4 is 11.9 Å². The number of carbonyl (C=O) groups is 2. The predicted molar refractivity (Wildman–Crippen MR) is 72.3 cm³/mol. The lowest BCUT2D eigenvalue weighted by Crippen LogP contribution is -2.32. The number of unbranched alkanes of at least 4 members (excludes halogenated alkanes) is 2. The summed E-state index contributed by atoms with van der Waals surface area (Å²) in [6.07, 6.45) is 2.69. The average Bonchev–Trinajstić information content (AvgIpc) is 2.42. The minimum absolute atomic E-state index is 0.139. The number of carboxylic acid groups (broad SMARTS) is 2. The van der Waals surface area contributed by atoms with Gasteiger partial charge in [0.2, 0.25) is 0 Å². The maximum Gasteiger partial charge on any atom is 0.303 e. The molecule has 0 radical (unpaired) electrons. The molecule has 0 rings (SSSR count). The first kappa shape index (κ1) is 21.1. The first-order valence-corrected chi connectivity index (χ1v) is 6.63. The molecule has 0 atom stereocenters. The highest BCUT2D eigenvalue weighted by Gasteiger charge is 2.24. The van der Waals surface area contributed by atoms with Gasteiger partial charge in [-0.1, -0.05) is 13.3 Å². The van der Waals surface area contributed by atoms with Gasteiger partial charge in [0.05, 0.1) is 19.8 Å². The normalized spacial score (nSPS) is 10.6. The lowest BCUT2D eigenvalue weighted by molar-refractivity contribution is -0.137. The molecule has 0 saturated heterocycles. The van der Waals surface area contributed by atoms with Crippen LogP contribution in [0.2, 0.25) is 0 Å². The number of rotatable bonds is 10. The zero-order chi connectivity index (χ0) is 16.0. The number of aliphatic carboxylic acids is 2. The highest BCUT2D eigenvalue weighted by atomic mass is 16.4. The fourth-order valence-corrected chi connectivity index (χ4v) is 1.21. The molecular weight excluding hydrogens is 268 g/mol. The van der Waals surface area contributed by atoms with Crippen LogP contribution >= 0.6 is 0 Å². The molecular formula is C13H26O7. The van der Waals surface area contributed by atoms with E-state index >= 15 is 0 Å². The summed E-state index contributed by atoms with van der Waals surface area (Å²) < 4.78 is 0. The van der Waals surface area contributed by atoms with Crippen LogP contribution in [-0.2, 0) is 9.59 Å². The SMILES string of the molecule is CCC(CO)(CO)CO.O=C(O)CCCCCC(=O)O. The van der Waals surface area contributed by atoms with Crippen molar-refractivity contribution in [3.8, 4) is 0 Å². The second-order valence-electron chi connectivity index (χ2n) is 4.68. The topological polar surface area (TPSA) is 135 Å². The molecule has 0 amide bonds. The smallest absolute Gasteiger partial charge is 0.303 e. The molecule has 0 fully saturated rings. The van der Waals surface area contributed by atoms with Gasteiger partial charge in [-0.25, -0.2) is 0 Å². The molecule has 0 aliphatic carbocycles. The summed E-state index contributed by atoms with van der Waals surface area (Å²) in [5.74, 6) is -1.64. The predicted octanol–water partition coefficient (Wildman–Crippen LogP) is 0.466. The highest BCUT2D eigenvalue weighted by molar-refractivity contribution is 5.67. The molecule has 0 unspecified atom stereocenters. The third-order valence-electron chi connectivity index (χ3n) is 3.04. The fourth-order valence-electron chi connectivity index (χ4n) is 1.21. The molecule has 7 nitrogen and oxygen atoms in total. The van der Waals surface area contributed by atoms with Gasteiger partial charge in [-0.3, -0.25) is 9.59 Å². The zero-order valence-corrected chi connectivity index (χ0v) is 11.9. The minimum Gasteiger partial charge on any atom is -0.481 e. The molecule has 0 aromatic carbocycles. The lowest BCUT2D eigenvalue weighted by Gasteiger charge is -2.24. The Kier molecular flexibility index (Phi) is 13.6. The Hall–Kier alpha value is -1.18. The van der Waals surface area contributed by atoms with E-state index in [1.54, 1.807) is 0 Å². The molecule has 0 bridgehead atoms. The molecule has 0 saturated carbocycles. The first-order chi connectivity index (χ1) is 9.37. The van der Waals surface area contributed by atoms with Crippen LogP contribution in [-0.4, -0.2) is 57.3 Å². The van der Waals surface area contributed by atoms with Crippen LogP contribution in [0.15, 0.2) is 0 Å². The van der Waals surface area contributed by atoms with E-state index in [0.29, 0.717) is 25.7 Å². The van der Waals surface area contributed by atoms with Crippen molar-refractivity contribution in [3.63, 3.8) is 0 Å². The molecule has 5 N–H and O–H groups in total. The van der Waals surface area contributed by atoms with E-state index in [2.05, 4.69) is 0 Å². The highest BCUT2D eigenvalue weighted by Crippen LogP contribution is 2.18. The van der Waals surface area contributed by atoms with Gasteiger partial charge in [0.1, 0.15) is 0 Å². The van der Waals surface area contributed by atoms with E-state index in [9.17, 15) is 9.59 Å². The van der Waals surface area contributed by atoms with Crippen molar-refractivity contribution < 1.29 is 35.1 Å². The van der Waals surface area contributed by atoms with Crippen molar-refractivity contribution in [3.05, 3.63) is 0 Å². The molecule has 120 valence electrons. The van der Waals surface area contributed by atoms with Crippen molar-refractivity contribution in [1.29, 1.82) is 0 Å². The summed E-state index contributed by atoms with van der Waals surface area (Å²) in [5, 5.41) is 42.4. The zero-order valence-electron chi connectivity index (χ0n) is 11.9. The fraction of sp³-hybridized carbons (Fsp3) is 0.846. The quantitative estimate of drug-likeness (QED) is 0.369. The molecule has 0 spiro atoms. The molecule has 0 heterocycles. The lowest BCUT2D eigenvalue weighted by atomic mass is 9.88. The van der Waals surface area contributed by atoms with Crippen molar-refractivity contribution in [1.82, 2.24) is 0 Å². The third-order valence-corrected chi connectivity index (χ3v) is 3.04. The van der Waals surface area contributed by atoms with E-state index in [0.717, 1.165) is 0 Å². The number of aliphatic hydroxyl groups is 3. The summed E-state index contributed by atoms with van der Waals surface area (Å²) in [5.41, 5.74) is -0.667. The molecule has 20 heavy (non-hydrogen) atoms. The van der Waals surface area contributed by atoms with Gasteiger partial charge < -0.3 is 25.5 Å². The van der Waals surface area contributed by atoms with E-state index in [-0.39, 0.29) is 32.7 Å². The van der Waals surface area contributed by atoms with Crippen LogP contribution in [0.4, 0.5) is 0 Å². The van der Waals surface area contributed by atoms with Gasteiger partial charge in [0.15, 0.2) is 0 Å². The Morgan fingerprint density at radius 2 is 1.15 bits per heavy atom. The monoisotopic (exact) mass is 294 g/mol. The number of aliphatic hydroxyl groups excluding tert-OH is 3. The molecule has 0 aliphatic heterocycles. The van der Waals surface area contributed by atoms with Crippen molar-refractivity contribution in [2.45, 2.75) is 45.4 Å². The molecule has 0 aliphatic rings. The maximum atomic E-state index is 9.98. The molecule has 7 heteroatoms. The first-order valence-electron chi connectivity index (χ1n) is 6.63. The number of carboxylic acids is 2. The van der Waals surface area contributed by atoms with Gasteiger partial charge >= 0.3 is 11.9 Å². The summed E-state index contributed by atoms with van der Waals surface area (Å²) in [4.78, 5) is 20.0. The van der Waals surface area contributed by atoms with Crippen LogP contribution < -0.4 is 0 Å². The van der Waals surface area contributed by atoms with E-state index in [1.807, 2.05) is 6.92 Å². The number of hydrogen-bond donors (Lipinski definition) is 5. The van der Waals surface area contributed by atoms with Gasteiger partial charge in [-0.2, -0.15) is 0 Å². The van der Waals surface area contributed by atoms with Crippen molar-refractivity contribution in [2.75, 3.05) is 19.8 Å². The molecule has 0 aromatic heterocycles. The largest absolute Gasteiger partial charge is 0.481 e.